The van der Waals surface area contributed by atoms with E-state index in [1.165, 1.54) is 19.3 Å². The molecule has 0 aromatic heterocycles. The van der Waals surface area contributed by atoms with E-state index in [1.54, 1.807) is 0 Å². The van der Waals surface area contributed by atoms with Gasteiger partial charge in [-0.25, -0.2) is 0 Å². The summed E-state index contributed by atoms with van der Waals surface area (Å²) in [5.41, 5.74) is 0.442. The SMILES string of the molecule is CCC(CCBr)NC(=O)C12CC3CC(CC(C)(C3)C1)C2. The van der Waals surface area contributed by atoms with Gasteiger partial charge in [0.15, 0.2) is 0 Å². The standard InChI is InChI=1S/C17H28BrNO/c1-3-14(4-5-18)19-15(20)17-9-12-6-13(10-17)8-16(2,7-12)11-17/h12-14H,3-11H2,1-2H3,(H,19,20). The predicted octanol–water partition coefficient (Wildman–Crippen LogP) is 4.27. The van der Waals surface area contributed by atoms with E-state index in [0.29, 0.717) is 17.4 Å². The number of halogens is 1. The molecule has 2 nitrogen and oxygen atoms in total. The number of hydrogen-bond donors (Lipinski definition) is 1. The molecule has 0 spiro atoms. The average molecular weight is 342 g/mol. The lowest BCUT2D eigenvalue weighted by atomic mass is 9.44. The summed E-state index contributed by atoms with van der Waals surface area (Å²) < 4.78 is 0. The van der Waals surface area contributed by atoms with Gasteiger partial charge in [-0.1, -0.05) is 29.8 Å². The molecule has 0 aliphatic heterocycles. The van der Waals surface area contributed by atoms with Crippen LogP contribution in [-0.4, -0.2) is 17.3 Å². The van der Waals surface area contributed by atoms with Gasteiger partial charge in [0, 0.05) is 11.4 Å². The Labute approximate surface area is 131 Å². The van der Waals surface area contributed by atoms with Crippen molar-refractivity contribution in [2.75, 3.05) is 5.33 Å². The van der Waals surface area contributed by atoms with Crippen molar-refractivity contribution >= 4 is 21.8 Å². The minimum Gasteiger partial charge on any atom is -0.353 e. The number of rotatable bonds is 5. The molecule has 4 fully saturated rings. The van der Waals surface area contributed by atoms with Gasteiger partial charge in [0.05, 0.1) is 5.41 Å². The van der Waals surface area contributed by atoms with Crippen LogP contribution in [0, 0.1) is 22.7 Å². The van der Waals surface area contributed by atoms with Crippen molar-refractivity contribution < 1.29 is 4.79 Å². The molecular weight excluding hydrogens is 314 g/mol. The van der Waals surface area contributed by atoms with Crippen LogP contribution in [0.1, 0.15) is 65.2 Å². The summed E-state index contributed by atoms with van der Waals surface area (Å²) in [7, 11) is 0. The molecule has 20 heavy (non-hydrogen) atoms. The van der Waals surface area contributed by atoms with Crippen molar-refractivity contribution in [3.63, 3.8) is 0 Å². The lowest BCUT2D eigenvalue weighted by Gasteiger charge is -2.60. The zero-order valence-electron chi connectivity index (χ0n) is 12.9. The highest BCUT2D eigenvalue weighted by atomic mass is 79.9. The Balaban J connectivity index is 1.74. The fourth-order valence-corrected chi connectivity index (χ4v) is 6.39. The topological polar surface area (TPSA) is 29.1 Å². The van der Waals surface area contributed by atoms with Crippen LogP contribution in [0.2, 0.25) is 0 Å². The van der Waals surface area contributed by atoms with Gasteiger partial charge in [0.1, 0.15) is 0 Å². The molecular formula is C17H28BrNO. The second-order valence-corrected chi connectivity index (χ2v) is 8.90. The van der Waals surface area contributed by atoms with Gasteiger partial charge in [0.25, 0.3) is 0 Å². The monoisotopic (exact) mass is 341 g/mol. The van der Waals surface area contributed by atoms with E-state index in [2.05, 4.69) is 35.1 Å². The van der Waals surface area contributed by atoms with Crippen molar-refractivity contribution in [2.45, 2.75) is 71.3 Å². The Morgan fingerprint density at radius 2 is 1.95 bits per heavy atom. The van der Waals surface area contributed by atoms with Crippen molar-refractivity contribution in [3.05, 3.63) is 0 Å². The summed E-state index contributed by atoms with van der Waals surface area (Å²) >= 11 is 3.50. The zero-order chi connectivity index (χ0) is 14.4. The van der Waals surface area contributed by atoms with E-state index in [4.69, 9.17) is 0 Å². The van der Waals surface area contributed by atoms with Crippen molar-refractivity contribution in [1.29, 1.82) is 0 Å². The number of carbonyl (C=O) groups excluding carboxylic acids is 1. The Kier molecular flexibility index (Phi) is 3.94. The summed E-state index contributed by atoms with van der Waals surface area (Å²) in [6.45, 7) is 4.61. The molecule has 3 atom stereocenters. The highest BCUT2D eigenvalue weighted by Gasteiger charge is 2.58. The largest absolute Gasteiger partial charge is 0.353 e. The lowest BCUT2D eigenvalue weighted by Crippen LogP contribution is -2.57. The molecule has 0 heterocycles. The Morgan fingerprint density at radius 3 is 2.45 bits per heavy atom. The van der Waals surface area contributed by atoms with Gasteiger partial charge in [-0.3, -0.25) is 4.79 Å². The van der Waals surface area contributed by atoms with Crippen molar-refractivity contribution in [3.8, 4) is 0 Å². The van der Waals surface area contributed by atoms with E-state index >= 15 is 0 Å². The van der Waals surface area contributed by atoms with Crippen LogP contribution in [-0.2, 0) is 4.79 Å². The minimum absolute atomic E-state index is 0.0153. The van der Waals surface area contributed by atoms with Crippen molar-refractivity contribution in [1.82, 2.24) is 5.32 Å². The molecule has 0 aromatic carbocycles. The van der Waals surface area contributed by atoms with Crippen LogP contribution in [0.5, 0.6) is 0 Å². The third-order valence-electron chi connectivity index (χ3n) is 6.12. The first kappa shape index (κ1) is 14.9. The number of carbonyl (C=O) groups is 1. The third kappa shape index (κ3) is 2.55. The summed E-state index contributed by atoms with van der Waals surface area (Å²) in [6, 6.07) is 0.350. The highest BCUT2D eigenvalue weighted by Crippen LogP contribution is 2.65. The Bertz CT molecular complexity index is 380. The number of alkyl halides is 1. The fraction of sp³-hybridized carbons (Fsp3) is 0.941. The molecule has 114 valence electrons. The van der Waals surface area contributed by atoms with Gasteiger partial charge in [-0.05, 0) is 68.6 Å². The minimum atomic E-state index is -0.0153. The second-order valence-electron chi connectivity index (χ2n) is 8.11. The smallest absolute Gasteiger partial charge is 0.226 e. The average Bonchev–Trinajstić information content (AvgIpc) is 2.35. The number of amides is 1. The first-order valence-electron chi connectivity index (χ1n) is 8.35. The van der Waals surface area contributed by atoms with Gasteiger partial charge in [-0.15, -0.1) is 0 Å². The molecule has 3 heteroatoms. The fourth-order valence-electron chi connectivity index (χ4n) is 5.83. The normalized spacial score (nSPS) is 43.5. The third-order valence-corrected chi connectivity index (χ3v) is 6.58. The quantitative estimate of drug-likeness (QED) is 0.743. The lowest BCUT2D eigenvalue weighted by molar-refractivity contribution is -0.156. The molecule has 4 aliphatic carbocycles. The van der Waals surface area contributed by atoms with E-state index < -0.39 is 0 Å². The van der Waals surface area contributed by atoms with E-state index in [9.17, 15) is 4.79 Å². The second kappa shape index (κ2) is 5.30. The molecule has 0 saturated heterocycles. The van der Waals surface area contributed by atoms with Gasteiger partial charge in [0.2, 0.25) is 5.91 Å². The molecule has 4 aliphatic rings. The van der Waals surface area contributed by atoms with E-state index in [0.717, 1.165) is 49.3 Å². The maximum Gasteiger partial charge on any atom is 0.226 e. The predicted molar refractivity (Wildman–Crippen MR) is 85.9 cm³/mol. The molecule has 4 rings (SSSR count). The van der Waals surface area contributed by atoms with Crippen LogP contribution in [0.25, 0.3) is 0 Å². The molecule has 0 radical (unpaired) electrons. The molecule has 0 aromatic rings. The summed E-state index contributed by atoms with van der Waals surface area (Å²) in [6.07, 6.45) is 9.69. The molecule has 4 saturated carbocycles. The van der Waals surface area contributed by atoms with Gasteiger partial charge in [-0.2, -0.15) is 0 Å². The van der Waals surface area contributed by atoms with Gasteiger partial charge < -0.3 is 5.32 Å². The first-order chi connectivity index (χ1) is 9.48. The van der Waals surface area contributed by atoms with E-state index in [1.807, 2.05) is 0 Å². The van der Waals surface area contributed by atoms with Crippen molar-refractivity contribution in [2.24, 2.45) is 22.7 Å². The first-order valence-corrected chi connectivity index (χ1v) is 9.48. The Morgan fingerprint density at radius 1 is 1.30 bits per heavy atom. The molecule has 3 unspecified atom stereocenters. The molecule has 1 N–H and O–H groups in total. The Hall–Kier alpha value is -0.0500. The maximum absolute atomic E-state index is 13.0. The van der Waals surface area contributed by atoms with Crippen LogP contribution in [0.3, 0.4) is 0 Å². The maximum atomic E-state index is 13.0. The number of nitrogens with one attached hydrogen (secondary N) is 1. The zero-order valence-corrected chi connectivity index (χ0v) is 14.5. The highest BCUT2D eigenvalue weighted by molar-refractivity contribution is 9.09. The van der Waals surface area contributed by atoms with E-state index in [-0.39, 0.29) is 5.41 Å². The van der Waals surface area contributed by atoms with Crippen LogP contribution in [0.15, 0.2) is 0 Å². The summed E-state index contributed by atoms with van der Waals surface area (Å²) in [4.78, 5) is 13.0. The van der Waals surface area contributed by atoms with Crippen LogP contribution >= 0.6 is 15.9 Å². The van der Waals surface area contributed by atoms with Crippen LogP contribution in [0.4, 0.5) is 0 Å². The summed E-state index contributed by atoms with van der Waals surface area (Å²) in [5, 5.41) is 4.35. The number of hydrogen-bond acceptors (Lipinski definition) is 1. The summed E-state index contributed by atoms with van der Waals surface area (Å²) in [5.74, 6) is 2.03. The van der Waals surface area contributed by atoms with Gasteiger partial charge >= 0.3 is 0 Å². The molecule has 4 bridgehead atoms. The molecule has 1 amide bonds. The van der Waals surface area contributed by atoms with Crippen LogP contribution < -0.4 is 5.32 Å².